The van der Waals surface area contributed by atoms with Crippen LogP contribution >= 0.6 is 0 Å². The van der Waals surface area contributed by atoms with Crippen molar-refractivity contribution in [2.24, 2.45) is 0 Å². The van der Waals surface area contributed by atoms with Crippen molar-refractivity contribution in [3.05, 3.63) is 96.8 Å². The molecule has 4 heterocycles. The lowest BCUT2D eigenvalue weighted by molar-refractivity contribution is -0.757. The number of aromatic nitrogens is 8. The van der Waals surface area contributed by atoms with E-state index in [0.717, 1.165) is 4.68 Å². The second-order valence-electron chi connectivity index (χ2n) is 15.1. The first kappa shape index (κ1) is 61.9. The van der Waals surface area contributed by atoms with Gasteiger partial charge in [-0.3, -0.25) is 9.78 Å². The highest BCUT2D eigenvalue weighted by atomic mass is 32.2. The third kappa shape index (κ3) is 21.5. The molecule has 0 saturated carbocycles. The van der Waals surface area contributed by atoms with E-state index >= 15 is 0 Å². The highest BCUT2D eigenvalue weighted by molar-refractivity contribution is 7.92. The summed E-state index contributed by atoms with van der Waals surface area (Å²) in [5, 5.41) is 38.6. The largest absolute Gasteiger partial charge is 0.510 e. The lowest BCUT2D eigenvalue weighted by Crippen LogP contribution is -2.36. The van der Waals surface area contributed by atoms with Gasteiger partial charge in [0.1, 0.15) is 12.3 Å². The SMILES string of the molecule is COCCOc1nc(-c2ccnc(-c3nnnn3COC(=O)OCCCCO[N+](=O)[O-])c2)nc(N(COC(=O)OCCCCO[N+](=O)[O-])S(=O)(=O)c2ccc(C)cn2)c1Oc1ccccc1OC.O=COCCCCO[N+](=O)[O-]. The summed E-state index contributed by atoms with van der Waals surface area (Å²) in [6.45, 7) is -0.189. The molecule has 0 N–H and O–H groups in total. The quantitative estimate of drug-likeness (QED) is 0.0104. The van der Waals surface area contributed by atoms with E-state index in [1.807, 2.05) is 0 Å². The molecule has 79 heavy (non-hydrogen) atoms. The van der Waals surface area contributed by atoms with E-state index in [0.29, 0.717) is 29.2 Å². The van der Waals surface area contributed by atoms with Gasteiger partial charge in [0.05, 0.1) is 53.4 Å². The molecule has 5 rings (SSSR count). The number of aryl methyl sites for hydroxylation is 1. The van der Waals surface area contributed by atoms with E-state index < -0.39 is 67.6 Å². The zero-order valence-electron chi connectivity index (χ0n) is 42.3. The third-order valence-electron chi connectivity index (χ3n) is 9.51. The third-order valence-corrected chi connectivity index (χ3v) is 11.1. The van der Waals surface area contributed by atoms with Crippen molar-refractivity contribution in [2.75, 3.05) is 78.1 Å². The smallest absolute Gasteiger partial charge is 0.493 e. The summed E-state index contributed by atoms with van der Waals surface area (Å²) in [6, 6.07) is 12.0. The minimum atomic E-state index is -4.85. The molecule has 0 bridgehead atoms. The van der Waals surface area contributed by atoms with Crippen LogP contribution in [0.25, 0.3) is 22.9 Å². The van der Waals surface area contributed by atoms with Crippen LogP contribution in [0, 0.1) is 37.3 Å². The van der Waals surface area contributed by atoms with E-state index in [-0.39, 0.29) is 119 Å². The standard InChI is InChI=1S/C38H43N11O18S.C5H9NO5/c1-26-12-13-31(40-23-26)68(56,57)47(25-64-38(51)62-17-7-9-19-66-49(54)55)35-32(67-30-11-5-4-10-29(30)59-3)36(60-21-20-58-2)42-33(41-35)27-14-15-39-28(22-27)34-43-44-45-46(34)24-63-37(50)61-16-6-8-18-65-48(52)53;7-5-10-3-1-2-4-11-6(8)9/h4-5,10-15,22-23H,6-9,16-21,24-25H2,1-3H3;5H,1-4H2. The van der Waals surface area contributed by atoms with Crippen LogP contribution in [0.5, 0.6) is 23.1 Å². The maximum Gasteiger partial charge on any atom is 0.510 e. The number of anilines is 1. The lowest BCUT2D eigenvalue weighted by atomic mass is 10.2. The molecule has 0 saturated heterocycles. The molecule has 1 aromatic carbocycles. The van der Waals surface area contributed by atoms with E-state index in [9.17, 15) is 53.1 Å². The van der Waals surface area contributed by atoms with Gasteiger partial charge in [-0.05, 0) is 91.8 Å². The fraction of sp³-hybridized carbons (Fsp3) is 0.442. The average molecular weight is 1140 g/mol. The number of benzene rings is 1. The Balaban J connectivity index is 0.00000110. The molecule has 0 amide bonds. The van der Waals surface area contributed by atoms with Gasteiger partial charge in [-0.2, -0.15) is 18.1 Å². The number of methoxy groups -OCH3 is 2. The Morgan fingerprint density at radius 2 is 1.35 bits per heavy atom. The Hall–Kier alpha value is -9.61. The van der Waals surface area contributed by atoms with Crippen molar-refractivity contribution in [2.45, 2.75) is 57.2 Å². The van der Waals surface area contributed by atoms with Crippen molar-refractivity contribution < 1.29 is 95.2 Å². The van der Waals surface area contributed by atoms with E-state index in [4.69, 9.17) is 37.9 Å². The molecule has 5 aromatic rings. The number of nitrogens with zero attached hydrogens (tertiary/aromatic N) is 12. The number of hydrogen-bond donors (Lipinski definition) is 0. The summed E-state index contributed by atoms with van der Waals surface area (Å²) >= 11 is 0. The van der Waals surface area contributed by atoms with Gasteiger partial charge in [0.25, 0.3) is 37.6 Å². The molecular weight excluding hydrogens is 1080 g/mol. The number of carbonyl (C=O) groups excluding carboxylic acids is 3. The Morgan fingerprint density at radius 1 is 0.734 bits per heavy atom. The highest BCUT2D eigenvalue weighted by Gasteiger charge is 2.35. The van der Waals surface area contributed by atoms with Crippen molar-refractivity contribution in [1.82, 2.24) is 40.1 Å². The van der Waals surface area contributed by atoms with E-state index in [1.54, 1.807) is 25.1 Å². The number of tetrazole rings is 1. The summed E-state index contributed by atoms with van der Waals surface area (Å²) in [5.74, 6) is -1.23. The molecular formula is C43H52N12O23S. The second-order valence-corrected chi connectivity index (χ2v) is 16.9. The molecule has 428 valence electrons. The summed E-state index contributed by atoms with van der Waals surface area (Å²) in [6.07, 6.45) is 2.11. The number of sulfonamides is 1. The first-order valence-corrected chi connectivity index (χ1v) is 24.5. The Bertz CT molecular complexity index is 2870. The van der Waals surface area contributed by atoms with Gasteiger partial charge in [0.15, 0.2) is 41.6 Å². The summed E-state index contributed by atoms with van der Waals surface area (Å²) in [4.78, 5) is 95.4. The van der Waals surface area contributed by atoms with Crippen LogP contribution in [-0.2, 0) is 64.5 Å². The number of hydrogen-bond acceptors (Lipinski definition) is 30. The van der Waals surface area contributed by atoms with Gasteiger partial charge in [-0.1, -0.05) is 18.2 Å². The minimum absolute atomic E-state index is 0.0173. The monoisotopic (exact) mass is 1140 g/mol. The highest BCUT2D eigenvalue weighted by Crippen LogP contribution is 2.44. The van der Waals surface area contributed by atoms with Gasteiger partial charge in [0.2, 0.25) is 11.6 Å². The predicted octanol–water partition coefficient (Wildman–Crippen LogP) is 4.26. The number of pyridine rings is 2. The second kappa shape index (κ2) is 33.4. The van der Waals surface area contributed by atoms with Crippen LogP contribution in [0.3, 0.4) is 0 Å². The van der Waals surface area contributed by atoms with Crippen LogP contribution in [0.4, 0.5) is 15.4 Å². The predicted molar refractivity (Wildman–Crippen MR) is 259 cm³/mol. The Labute approximate surface area is 447 Å². The zero-order valence-corrected chi connectivity index (χ0v) is 43.1. The zero-order chi connectivity index (χ0) is 57.4. The van der Waals surface area contributed by atoms with Gasteiger partial charge < -0.3 is 57.1 Å². The molecule has 0 aliphatic carbocycles. The number of carbonyl (C=O) groups is 3. The van der Waals surface area contributed by atoms with Crippen LogP contribution in [-0.4, -0.2) is 156 Å². The fourth-order valence-corrected chi connectivity index (χ4v) is 7.04. The fourth-order valence-electron chi connectivity index (χ4n) is 5.85. The molecule has 0 fully saturated rings. The number of unbranched alkanes of at least 4 members (excludes halogenated alkanes) is 3. The van der Waals surface area contributed by atoms with Crippen molar-refractivity contribution >= 4 is 34.6 Å². The molecule has 35 nitrogen and oxygen atoms in total. The van der Waals surface area contributed by atoms with Crippen molar-refractivity contribution in [3.63, 3.8) is 0 Å². The van der Waals surface area contributed by atoms with Crippen molar-refractivity contribution in [3.8, 4) is 46.0 Å². The molecule has 0 aliphatic heterocycles. The maximum absolute atomic E-state index is 14.7. The van der Waals surface area contributed by atoms with E-state index in [2.05, 4.69) is 54.7 Å². The average Bonchev–Trinajstić information content (AvgIpc) is 3.94. The first-order valence-electron chi connectivity index (χ1n) is 23.1. The van der Waals surface area contributed by atoms with Crippen molar-refractivity contribution in [1.29, 1.82) is 0 Å². The lowest BCUT2D eigenvalue weighted by Gasteiger charge is -2.26. The molecule has 0 atom stereocenters. The Kier molecular flexibility index (Phi) is 26.2. The molecule has 4 aromatic heterocycles. The normalized spacial score (nSPS) is 10.6. The maximum atomic E-state index is 14.7. The number of ether oxygens (including phenoxy) is 9. The topological polar surface area (TPSA) is 424 Å². The molecule has 0 radical (unpaired) electrons. The van der Waals surface area contributed by atoms with Crippen LogP contribution in [0.1, 0.15) is 44.1 Å². The minimum Gasteiger partial charge on any atom is -0.493 e. The van der Waals surface area contributed by atoms with Crippen LogP contribution < -0.4 is 18.5 Å². The first-order chi connectivity index (χ1) is 38.1. The number of rotatable bonds is 35. The molecule has 36 heteroatoms. The van der Waals surface area contributed by atoms with Gasteiger partial charge in [-0.25, -0.2) is 23.9 Å². The molecule has 0 aliphatic rings. The number of para-hydroxylation sites is 2. The van der Waals surface area contributed by atoms with Gasteiger partial charge in [-0.15, -0.1) is 35.4 Å². The van der Waals surface area contributed by atoms with Gasteiger partial charge >= 0.3 is 12.3 Å². The van der Waals surface area contributed by atoms with E-state index in [1.165, 1.54) is 56.9 Å². The summed E-state index contributed by atoms with van der Waals surface area (Å²) in [7, 11) is -2.05. The molecule has 0 spiro atoms. The Morgan fingerprint density at radius 3 is 1.95 bits per heavy atom. The van der Waals surface area contributed by atoms with Gasteiger partial charge in [0, 0.05) is 25.1 Å². The summed E-state index contributed by atoms with van der Waals surface area (Å²) < 4.78 is 79.1. The van der Waals surface area contributed by atoms with Crippen LogP contribution in [0.15, 0.2) is 66.0 Å². The molecule has 0 unspecified atom stereocenters. The van der Waals surface area contributed by atoms with Crippen LogP contribution in [0.2, 0.25) is 0 Å². The summed E-state index contributed by atoms with van der Waals surface area (Å²) in [5.41, 5.74) is 0.874.